The number of aryl methyl sites for hydroxylation is 2. The van der Waals surface area contributed by atoms with E-state index in [0.29, 0.717) is 5.56 Å². The first kappa shape index (κ1) is 12.6. The lowest BCUT2D eigenvalue weighted by molar-refractivity contribution is 0.415. The SMILES string of the molecule is COc1cc(C)c2c(c1)cc(C(C)N)c(=O)n2C. The summed E-state index contributed by atoms with van der Waals surface area (Å²) >= 11 is 0. The molecule has 1 heterocycles. The molecule has 0 saturated carbocycles. The smallest absolute Gasteiger partial charge is 0.255 e. The van der Waals surface area contributed by atoms with Crippen molar-refractivity contribution in [2.45, 2.75) is 19.9 Å². The van der Waals surface area contributed by atoms with E-state index in [2.05, 4.69) is 0 Å². The summed E-state index contributed by atoms with van der Waals surface area (Å²) in [7, 11) is 3.41. The molecule has 2 N–H and O–H groups in total. The highest BCUT2D eigenvalue weighted by atomic mass is 16.5. The van der Waals surface area contributed by atoms with Gasteiger partial charge in [0.15, 0.2) is 0 Å². The first-order valence-corrected chi connectivity index (χ1v) is 5.89. The van der Waals surface area contributed by atoms with Crippen LogP contribution in [0.15, 0.2) is 23.0 Å². The molecule has 1 aromatic carbocycles. The molecule has 0 aliphatic rings. The van der Waals surface area contributed by atoms with E-state index in [0.717, 1.165) is 22.2 Å². The molecular formula is C14H18N2O2. The predicted octanol–water partition coefficient (Wildman–Crippen LogP) is 1.88. The van der Waals surface area contributed by atoms with Gasteiger partial charge in [0.2, 0.25) is 0 Å². The molecular weight excluding hydrogens is 228 g/mol. The summed E-state index contributed by atoms with van der Waals surface area (Å²) in [6, 6.07) is 5.43. The quantitative estimate of drug-likeness (QED) is 0.880. The number of rotatable bonds is 2. The Morgan fingerprint density at radius 1 is 1.33 bits per heavy atom. The molecule has 2 aromatic rings. The molecule has 0 saturated heterocycles. The molecule has 0 aliphatic carbocycles. The largest absolute Gasteiger partial charge is 0.497 e. The lowest BCUT2D eigenvalue weighted by Crippen LogP contribution is -2.25. The van der Waals surface area contributed by atoms with E-state index in [4.69, 9.17) is 10.5 Å². The molecule has 0 spiro atoms. The van der Waals surface area contributed by atoms with Crippen molar-refractivity contribution in [3.8, 4) is 5.75 Å². The number of ether oxygens (including phenoxy) is 1. The number of hydrogen-bond donors (Lipinski definition) is 1. The Hall–Kier alpha value is -1.81. The molecule has 4 nitrogen and oxygen atoms in total. The van der Waals surface area contributed by atoms with E-state index >= 15 is 0 Å². The van der Waals surface area contributed by atoms with E-state index in [1.807, 2.05) is 32.0 Å². The molecule has 0 fully saturated rings. The highest BCUT2D eigenvalue weighted by Crippen LogP contribution is 2.25. The van der Waals surface area contributed by atoms with Gasteiger partial charge in [-0.25, -0.2) is 0 Å². The molecule has 1 atom stereocenters. The van der Waals surface area contributed by atoms with Crippen LogP contribution in [-0.4, -0.2) is 11.7 Å². The molecule has 0 bridgehead atoms. The Labute approximate surface area is 106 Å². The number of hydrogen-bond acceptors (Lipinski definition) is 3. The minimum absolute atomic E-state index is 0.0363. The molecule has 4 heteroatoms. The van der Waals surface area contributed by atoms with E-state index in [1.165, 1.54) is 0 Å². The van der Waals surface area contributed by atoms with Crippen LogP contribution in [0.5, 0.6) is 5.75 Å². The summed E-state index contributed by atoms with van der Waals surface area (Å²) in [6.07, 6.45) is 0. The average molecular weight is 246 g/mol. The molecule has 2 rings (SSSR count). The lowest BCUT2D eigenvalue weighted by atomic mass is 10.0. The summed E-state index contributed by atoms with van der Waals surface area (Å²) in [5.41, 5.74) is 8.36. The molecule has 18 heavy (non-hydrogen) atoms. The molecule has 0 amide bonds. The van der Waals surface area contributed by atoms with Gasteiger partial charge < -0.3 is 15.0 Å². The van der Waals surface area contributed by atoms with Crippen molar-refractivity contribution < 1.29 is 4.74 Å². The second kappa shape index (κ2) is 4.46. The van der Waals surface area contributed by atoms with E-state index in [-0.39, 0.29) is 11.6 Å². The second-order valence-corrected chi connectivity index (χ2v) is 4.63. The van der Waals surface area contributed by atoms with Gasteiger partial charge in [0.1, 0.15) is 5.75 Å². The fourth-order valence-electron chi connectivity index (χ4n) is 2.31. The minimum atomic E-state index is -0.278. The number of aromatic nitrogens is 1. The Morgan fingerprint density at radius 3 is 2.56 bits per heavy atom. The molecule has 0 aliphatic heterocycles. The van der Waals surface area contributed by atoms with Crippen LogP contribution < -0.4 is 16.0 Å². The maximum absolute atomic E-state index is 12.2. The van der Waals surface area contributed by atoms with Crippen LogP contribution in [0.3, 0.4) is 0 Å². The van der Waals surface area contributed by atoms with Gasteiger partial charge in [0.25, 0.3) is 5.56 Å². The van der Waals surface area contributed by atoms with Crippen molar-refractivity contribution in [1.82, 2.24) is 4.57 Å². The summed E-state index contributed by atoms with van der Waals surface area (Å²) in [4.78, 5) is 12.2. The Balaban J connectivity index is 2.91. The highest BCUT2D eigenvalue weighted by Gasteiger charge is 2.12. The van der Waals surface area contributed by atoms with E-state index in [1.54, 1.807) is 18.7 Å². The number of fused-ring (bicyclic) bond motifs is 1. The zero-order valence-corrected chi connectivity index (χ0v) is 11.2. The third-order valence-corrected chi connectivity index (χ3v) is 3.23. The van der Waals surface area contributed by atoms with Crippen molar-refractivity contribution >= 4 is 10.9 Å². The topological polar surface area (TPSA) is 57.2 Å². The van der Waals surface area contributed by atoms with Gasteiger partial charge in [-0.3, -0.25) is 4.79 Å². The monoisotopic (exact) mass is 246 g/mol. The van der Waals surface area contributed by atoms with Crippen LogP contribution in [-0.2, 0) is 7.05 Å². The third kappa shape index (κ3) is 1.88. The van der Waals surface area contributed by atoms with Gasteiger partial charge in [-0.05, 0) is 37.6 Å². The van der Waals surface area contributed by atoms with Crippen molar-refractivity contribution in [2.24, 2.45) is 12.8 Å². The van der Waals surface area contributed by atoms with Crippen LogP contribution in [0.25, 0.3) is 10.9 Å². The molecule has 0 radical (unpaired) electrons. The Morgan fingerprint density at radius 2 is 2.00 bits per heavy atom. The average Bonchev–Trinajstić information content (AvgIpc) is 2.32. The summed E-state index contributed by atoms with van der Waals surface area (Å²) in [6.45, 7) is 3.78. The standard InChI is InChI=1S/C14H18N2O2/c1-8-5-11(18-4)6-10-7-12(9(2)15)14(17)16(3)13(8)10/h5-7,9H,15H2,1-4H3. The normalized spacial score (nSPS) is 12.7. The van der Waals surface area contributed by atoms with Crippen molar-refractivity contribution in [3.63, 3.8) is 0 Å². The number of pyridine rings is 1. The van der Waals surface area contributed by atoms with Crippen LogP contribution in [0.1, 0.15) is 24.1 Å². The predicted molar refractivity (Wildman–Crippen MR) is 73.1 cm³/mol. The number of nitrogens with zero attached hydrogens (tertiary/aromatic N) is 1. The van der Waals surface area contributed by atoms with Gasteiger partial charge >= 0.3 is 0 Å². The zero-order chi connectivity index (χ0) is 13.4. The third-order valence-electron chi connectivity index (χ3n) is 3.23. The fourth-order valence-corrected chi connectivity index (χ4v) is 2.31. The second-order valence-electron chi connectivity index (χ2n) is 4.63. The van der Waals surface area contributed by atoms with Crippen LogP contribution >= 0.6 is 0 Å². The van der Waals surface area contributed by atoms with Gasteiger partial charge in [0, 0.05) is 24.0 Å². The molecule has 96 valence electrons. The van der Waals surface area contributed by atoms with Crippen molar-refractivity contribution in [2.75, 3.05) is 7.11 Å². The van der Waals surface area contributed by atoms with Gasteiger partial charge in [-0.2, -0.15) is 0 Å². The summed E-state index contributed by atoms with van der Waals surface area (Å²) < 4.78 is 6.91. The Bertz CT molecular complexity index is 657. The van der Waals surface area contributed by atoms with Crippen LogP contribution in [0.2, 0.25) is 0 Å². The van der Waals surface area contributed by atoms with Gasteiger partial charge in [-0.15, -0.1) is 0 Å². The van der Waals surface area contributed by atoms with Crippen LogP contribution in [0.4, 0.5) is 0 Å². The lowest BCUT2D eigenvalue weighted by Gasteiger charge is -2.14. The molecule has 1 unspecified atom stereocenters. The first-order valence-electron chi connectivity index (χ1n) is 5.89. The number of methoxy groups -OCH3 is 1. The number of benzene rings is 1. The van der Waals surface area contributed by atoms with E-state index in [9.17, 15) is 4.79 Å². The number of nitrogens with two attached hydrogens (primary N) is 1. The van der Waals surface area contributed by atoms with Crippen LogP contribution in [0, 0.1) is 6.92 Å². The maximum atomic E-state index is 12.2. The highest BCUT2D eigenvalue weighted by molar-refractivity contribution is 5.84. The van der Waals surface area contributed by atoms with Gasteiger partial charge in [0.05, 0.1) is 12.6 Å². The molecule has 1 aromatic heterocycles. The summed E-state index contributed by atoms with van der Waals surface area (Å²) in [5.74, 6) is 0.786. The van der Waals surface area contributed by atoms with Crippen molar-refractivity contribution in [3.05, 3.63) is 39.7 Å². The summed E-state index contributed by atoms with van der Waals surface area (Å²) in [5, 5.41) is 0.973. The Kier molecular flexibility index (Phi) is 3.13. The van der Waals surface area contributed by atoms with Crippen molar-refractivity contribution in [1.29, 1.82) is 0 Å². The maximum Gasteiger partial charge on any atom is 0.255 e. The first-order chi connectivity index (χ1) is 8.45. The fraction of sp³-hybridized carbons (Fsp3) is 0.357. The zero-order valence-electron chi connectivity index (χ0n) is 11.2. The van der Waals surface area contributed by atoms with Gasteiger partial charge in [-0.1, -0.05) is 0 Å². The minimum Gasteiger partial charge on any atom is -0.497 e. The van der Waals surface area contributed by atoms with E-state index < -0.39 is 0 Å².